The molecule has 1 aliphatic heterocycles. The summed E-state index contributed by atoms with van der Waals surface area (Å²) < 4.78 is 28.0. The molecule has 1 unspecified atom stereocenters. The Hall–Kier alpha value is -1.73. The van der Waals surface area contributed by atoms with E-state index in [-0.39, 0.29) is 18.5 Å². The van der Waals surface area contributed by atoms with Gasteiger partial charge >= 0.3 is 6.61 Å². The number of rotatable bonds is 5. The van der Waals surface area contributed by atoms with Gasteiger partial charge in [-0.1, -0.05) is 11.6 Å². The van der Waals surface area contributed by atoms with Crippen LogP contribution in [0.2, 0.25) is 5.02 Å². The van der Waals surface area contributed by atoms with Crippen molar-refractivity contribution < 1.29 is 23.1 Å². The number of likely N-dealkylation sites (tertiary alicyclic amines) is 1. The fourth-order valence-electron chi connectivity index (χ4n) is 2.42. The van der Waals surface area contributed by atoms with Gasteiger partial charge in [0.2, 0.25) is 5.91 Å². The minimum atomic E-state index is -2.97. The van der Waals surface area contributed by atoms with E-state index in [1.165, 1.54) is 4.90 Å². The molecule has 0 saturated carbocycles. The van der Waals surface area contributed by atoms with Crippen LogP contribution in [0.15, 0.2) is 24.3 Å². The summed E-state index contributed by atoms with van der Waals surface area (Å²) in [6.45, 7) is -2.87. The molecule has 1 aliphatic rings. The van der Waals surface area contributed by atoms with Crippen molar-refractivity contribution in [1.82, 2.24) is 10.2 Å². The Kier molecular flexibility index (Phi) is 6.29. The third-order valence-electron chi connectivity index (χ3n) is 3.55. The Morgan fingerprint density at radius 3 is 2.70 bits per heavy atom. The summed E-state index contributed by atoms with van der Waals surface area (Å²) in [6, 6.07) is 6.24. The van der Waals surface area contributed by atoms with E-state index in [0.29, 0.717) is 23.6 Å². The van der Waals surface area contributed by atoms with Gasteiger partial charge in [0.15, 0.2) is 0 Å². The number of ether oxygens (including phenoxy) is 1. The summed E-state index contributed by atoms with van der Waals surface area (Å²) in [7, 11) is 0. The van der Waals surface area contributed by atoms with Crippen molar-refractivity contribution in [3.8, 4) is 0 Å². The van der Waals surface area contributed by atoms with Crippen LogP contribution in [-0.2, 0) is 9.53 Å². The van der Waals surface area contributed by atoms with Crippen LogP contribution in [0, 0.1) is 0 Å². The number of nitrogens with zero attached hydrogens (tertiary/aromatic N) is 1. The first-order valence-corrected chi connectivity index (χ1v) is 7.57. The molecule has 1 aromatic rings. The number of hydrogen-bond donors (Lipinski definition) is 1. The lowest BCUT2D eigenvalue weighted by molar-refractivity contribution is -0.160. The van der Waals surface area contributed by atoms with Gasteiger partial charge in [0.1, 0.15) is 6.61 Å². The molecule has 1 N–H and O–H groups in total. The summed E-state index contributed by atoms with van der Waals surface area (Å²) in [6.07, 6.45) is 1.41. The molecule has 2 amide bonds. The van der Waals surface area contributed by atoms with Gasteiger partial charge in [-0.2, -0.15) is 8.78 Å². The van der Waals surface area contributed by atoms with E-state index in [1.807, 2.05) is 0 Å². The Bertz CT molecular complexity index is 554. The van der Waals surface area contributed by atoms with E-state index in [4.69, 9.17) is 11.6 Å². The highest BCUT2D eigenvalue weighted by molar-refractivity contribution is 6.30. The first-order chi connectivity index (χ1) is 11.0. The Labute approximate surface area is 137 Å². The molecule has 1 atom stereocenters. The van der Waals surface area contributed by atoms with E-state index in [2.05, 4.69) is 10.1 Å². The van der Waals surface area contributed by atoms with Gasteiger partial charge in [0.05, 0.1) is 0 Å². The maximum atomic E-state index is 12.1. The predicted molar refractivity (Wildman–Crippen MR) is 80.5 cm³/mol. The smallest absolute Gasteiger partial charge is 0.345 e. The third kappa shape index (κ3) is 5.44. The van der Waals surface area contributed by atoms with Gasteiger partial charge in [-0.3, -0.25) is 9.59 Å². The molecule has 8 heteroatoms. The quantitative estimate of drug-likeness (QED) is 0.890. The van der Waals surface area contributed by atoms with Crippen LogP contribution in [0.5, 0.6) is 0 Å². The van der Waals surface area contributed by atoms with Crippen molar-refractivity contribution in [3.05, 3.63) is 34.9 Å². The standard InChI is InChI=1S/C15H17ClF2N2O3/c16-11-5-3-10(4-6-11)14(22)19-12-2-1-7-20(8-12)13(21)9-23-15(17)18/h3-6,12,15H,1-2,7-9H2,(H,19,22). The van der Waals surface area contributed by atoms with Gasteiger partial charge in [-0.25, -0.2) is 0 Å². The SMILES string of the molecule is O=C(NC1CCCN(C(=O)COC(F)F)C1)c1ccc(Cl)cc1. The largest absolute Gasteiger partial charge is 0.348 e. The minimum Gasteiger partial charge on any atom is -0.348 e. The lowest BCUT2D eigenvalue weighted by Gasteiger charge is -2.33. The third-order valence-corrected chi connectivity index (χ3v) is 3.80. The second-order valence-electron chi connectivity index (χ2n) is 5.23. The molecule has 0 radical (unpaired) electrons. The number of hydrogen-bond acceptors (Lipinski definition) is 3. The second-order valence-corrected chi connectivity index (χ2v) is 5.67. The average molecular weight is 347 g/mol. The fraction of sp³-hybridized carbons (Fsp3) is 0.467. The van der Waals surface area contributed by atoms with Crippen LogP contribution in [0.1, 0.15) is 23.2 Å². The second kappa shape index (κ2) is 8.21. The van der Waals surface area contributed by atoms with Crippen LogP contribution < -0.4 is 5.32 Å². The highest BCUT2D eigenvalue weighted by Gasteiger charge is 2.25. The Balaban J connectivity index is 1.87. The topological polar surface area (TPSA) is 58.6 Å². The minimum absolute atomic E-state index is 0.220. The number of alkyl halides is 2. The molecule has 0 bridgehead atoms. The molecule has 0 spiro atoms. The maximum absolute atomic E-state index is 12.1. The molecule has 1 aromatic carbocycles. The monoisotopic (exact) mass is 346 g/mol. The van der Waals surface area contributed by atoms with Gasteiger partial charge < -0.3 is 15.0 Å². The van der Waals surface area contributed by atoms with Crippen molar-refractivity contribution in [3.63, 3.8) is 0 Å². The first-order valence-electron chi connectivity index (χ1n) is 7.19. The maximum Gasteiger partial charge on any atom is 0.345 e. The van der Waals surface area contributed by atoms with Gasteiger partial charge in [-0.15, -0.1) is 0 Å². The highest BCUT2D eigenvalue weighted by atomic mass is 35.5. The van der Waals surface area contributed by atoms with Crippen LogP contribution in [-0.4, -0.2) is 49.1 Å². The molecule has 126 valence electrons. The van der Waals surface area contributed by atoms with Crippen molar-refractivity contribution in [2.45, 2.75) is 25.5 Å². The number of halogens is 3. The molecule has 5 nitrogen and oxygen atoms in total. The molecule has 23 heavy (non-hydrogen) atoms. The molecule has 1 saturated heterocycles. The summed E-state index contributed by atoms with van der Waals surface area (Å²) in [5.74, 6) is -0.763. The van der Waals surface area contributed by atoms with Crippen LogP contribution in [0.3, 0.4) is 0 Å². The molecule has 0 aromatic heterocycles. The van der Waals surface area contributed by atoms with Crippen molar-refractivity contribution >= 4 is 23.4 Å². The van der Waals surface area contributed by atoms with Crippen LogP contribution >= 0.6 is 11.6 Å². The van der Waals surface area contributed by atoms with Crippen molar-refractivity contribution in [2.24, 2.45) is 0 Å². The average Bonchev–Trinajstić information content (AvgIpc) is 2.53. The summed E-state index contributed by atoms with van der Waals surface area (Å²) >= 11 is 5.77. The zero-order valence-corrected chi connectivity index (χ0v) is 13.1. The van der Waals surface area contributed by atoms with E-state index >= 15 is 0 Å². The lowest BCUT2D eigenvalue weighted by atomic mass is 10.0. The Morgan fingerprint density at radius 2 is 2.04 bits per heavy atom. The number of carbonyl (C=O) groups excluding carboxylic acids is 2. The normalized spacial score (nSPS) is 18.1. The molecule has 2 rings (SSSR count). The van der Waals surface area contributed by atoms with Crippen molar-refractivity contribution in [1.29, 1.82) is 0 Å². The number of carbonyl (C=O) groups is 2. The highest BCUT2D eigenvalue weighted by Crippen LogP contribution is 2.13. The molecule has 1 heterocycles. The molecule has 0 aliphatic carbocycles. The zero-order chi connectivity index (χ0) is 16.8. The number of amides is 2. The molecular formula is C15H17ClF2N2O3. The fourth-order valence-corrected chi connectivity index (χ4v) is 2.54. The number of benzene rings is 1. The van der Waals surface area contributed by atoms with Crippen LogP contribution in [0.25, 0.3) is 0 Å². The lowest BCUT2D eigenvalue weighted by Crippen LogP contribution is -2.50. The van der Waals surface area contributed by atoms with E-state index in [9.17, 15) is 18.4 Å². The van der Waals surface area contributed by atoms with E-state index in [0.717, 1.165) is 6.42 Å². The van der Waals surface area contributed by atoms with E-state index < -0.39 is 19.1 Å². The van der Waals surface area contributed by atoms with E-state index in [1.54, 1.807) is 24.3 Å². The number of piperidine rings is 1. The van der Waals surface area contributed by atoms with Gasteiger partial charge in [0.25, 0.3) is 5.91 Å². The first kappa shape index (κ1) is 17.6. The Morgan fingerprint density at radius 1 is 1.35 bits per heavy atom. The van der Waals surface area contributed by atoms with Crippen molar-refractivity contribution in [2.75, 3.05) is 19.7 Å². The summed E-state index contributed by atoms with van der Waals surface area (Å²) in [5, 5.41) is 3.38. The molecule has 1 fully saturated rings. The summed E-state index contributed by atoms with van der Waals surface area (Å²) in [5.41, 5.74) is 0.471. The molecular weight excluding hydrogens is 330 g/mol. The van der Waals surface area contributed by atoms with Gasteiger partial charge in [-0.05, 0) is 37.1 Å². The summed E-state index contributed by atoms with van der Waals surface area (Å²) in [4.78, 5) is 25.3. The predicted octanol–water partition coefficient (Wildman–Crippen LogP) is 2.30. The van der Waals surface area contributed by atoms with Gasteiger partial charge in [0, 0.05) is 29.7 Å². The number of nitrogens with one attached hydrogen (secondary N) is 1. The zero-order valence-electron chi connectivity index (χ0n) is 12.3. The van der Waals surface area contributed by atoms with Crippen LogP contribution in [0.4, 0.5) is 8.78 Å².